The molecule has 76 valence electrons. The number of rotatable bonds is 4. The van der Waals surface area contributed by atoms with Gasteiger partial charge in [0.25, 0.3) is 0 Å². The van der Waals surface area contributed by atoms with E-state index in [9.17, 15) is 4.79 Å². The molecular formula is C10H20O2Si. The molecular weight excluding hydrogens is 180 g/mol. The monoisotopic (exact) mass is 200 g/mol. The maximum Gasteiger partial charge on any atom is 0.308 e. The second-order valence-corrected chi connectivity index (χ2v) is 6.85. The zero-order valence-corrected chi connectivity index (χ0v) is 10.3. The molecule has 2 nitrogen and oxygen atoms in total. The summed E-state index contributed by atoms with van der Waals surface area (Å²) in [5, 5.41) is 0.365. The Morgan fingerprint density at radius 2 is 1.92 bits per heavy atom. The Hall–Kier alpha value is -0.313. The molecule has 0 N–H and O–H groups in total. The fourth-order valence-electron chi connectivity index (χ4n) is 0.744. The van der Waals surface area contributed by atoms with Gasteiger partial charge in [-0.25, -0.2) is 0 Å². The van der Waals surface area contributed by atoms with Gasteiger partial charge in [0.05, 0.1) is 12.5 Å². The quantitative estimate of drug-likeness (QED) is 0.396. The van der Waals surface area contributed by atoms with Crippen LogP contribution in [0.3, 0.4) is 0 Å². The van der Waals surface area contributed by atoms with E-state index in [2.05, 4.69) is 20.8 Å². The fraction of sp³-hybridized carbons (Fsp3) is 0.900. The van der Waals surface area contributed by atoms with Crippen molar-refractivity contribution in [1.29, 1.82) is 0 Å². The Morgan fingerprint density at radius 3 is 2.31 bits per heavy atom. The molecule has 0 aliphatic heterocycles. The number of esters is 1. The molecule has 2 radical (unpaired) electrons. The van der Waals surface area contributed by atoms with Gasteiger partial charge in [0.2, 0.25) is 0 Å². The van der Waals surface area contributed by atoms with Gasteiger partial charge in [0.1, 0.15) is 0 Å². The van der Waals surface area contributed by atoms with Crippen LogP contribution in [-0.4, -0.2) is 22.1 Å². The normalized spacial score (nSPS) is 11.8. The highest BCUT2D eigenvalue weighted by Crippen LogP contribution is 2.21. The van der Waals surface area contributed by atoms with E-state index in [-0.39, 0.29) is 11.9 Å². The summed E-state index contributed by atoms with van der Waals surface area (Å²) in [4.78, 5) is 11.0. The van der Waals surface area contributed by atoms with Crippen molar-refractivity contribution >= 4 is 15.5 Å². The van der Waals surface area contributed by atoms with E-state index in [4.69, 9.17) is 4.74 Å². The van der Waals surface area contributed by atoms with Crippen LogP contribution < -0.4 is 0 Å². The molecule has 0 aliphatic rings. The Bertz CT molecular complexity index is 159. The third-order valence-corrected chi connectivity index (χ3v) is 2.99. The lowest BCUT2D eigenvalue weighted by Gasteiger charge is -2.16. The molecule has 13 heavy (non-hydrogen) atoms. The maximum atomic E-state index is 11.0. The third kappa shape index (κ3) is 8.03. The van der Waals surface area contributed by atoms with Crippen LogP contribution in [0.25, 0.3) is 0 Å². The average Bonchev–Trinajstić information content (AvgIpc) is 1.95. The van der Waals surface area contributed by atoms with Gasteiger partial charge in [-0.2, -0.15) is 0 Å². The first-order chi connectivity index (χ1) is 5.83. The molecule has 0 unspecified atom stereocenters. The smallest absolute Gasteiger partial charge is 0.308 e. The lowest BCUT2D eigenvalue weighted by atomic mass is 10.2. The summed E-state index contributed by atoms with van der Waals surface area (Å²) in [6, 6.07) is 0.988. The highest BCUT2D eigenvalue weighted by Gasteiger charge is 2.12. The number of hydrogen-bond acceptors (Lipinski definition) is 2. The minimum absolute atomic E-state index is 0.00188. The van der Waals surface area contributed by atoms with E-state index in [1.54, 1.807) is 0 Å². The molecule has 0 saturated carbocycles. The van der Waals surface area contributed by atoms with Gasteiger partial charge >= 0.3 is 5.97 Å². The van der Waals surface area contributed by atoms with Crippen LogP contribution in [0.2, 0.25) is 11.1 Å². The molecule has 0 spiro atoms. The Morgan fingerprint density at radius 1 is 1.38 bits per heavy atom. The molecule has 0 bridgehead atoms. The van der Waals surface area contributed by atoms with Crippen molar-refractivity contribution in [2.45, 2.75) is 45.7 Å². The standard InChI is InChI=1S/C10H20O2Si/c1-8(2)9(11)12-6-7-13-10(3,4)5/h8H,6-7H2,1-5H3. The maximum absolute atomic E-state index is 11.0. The number of hydrogen-bond donors (Lipinski definition) is 0. The lowest BCUT2D eigenvalue weighted by molar-refractivity contribution is -0.146. The van der Waals surface area contributed by atoms with Crippen molar-refractivity contribution in [2.75, 3.05) is 6.61 Å². The minimum atomic E-state index is -0.0845. The van der Waals surface area contributed by atoms with Gasteiger partial charge in [-0.1, -0.05) is 34.6 Å². The average molecular weight is 200 g/mol. The Labute approximate surface area is 83.9 Å². The van der Waals surface area contributed by atoms with Crippen LogP contribution in [0, 0.1) is 5.92 Å². The van der Waals surface area contributed by atoms with Gasteiger partial charge in [-0.15, -0.1) is 0 Å². The van der Waals surface area contributed by atoms with Crippen LogP contribution in [0.5, 0.6) is 0 Å². The van der Waals surface area contributed by atoms with Gasteiger partial charge in [-0.05, 0) is 11.1 Å². The Kier molecular flexibility index (Phi) is 5.29. The highest BCUT2D eigenvalue weighted by molar-refractivity contribution is 6.39. The molecule has 3 heteroatoms. The van der Waals surface area contributed by atoms with Crippen LogP contribution in [0.4, 0.5) is 0 Å². The predicted octanol–water partition coefficient (Wildman–Crippen LogP) is 2.53. The molecule has 0 aromatic heterocycles. The summed E-state index contributed by atoms with van der Waals surface area (Å²) in [7, 11) is 0.857. The SMILES string of the molecule is CC(C)C(=O)OCC[Si]C(C)(C)C. The fourth-order valence-corrected chi connectivity index (χ4v) is 1.70. The second-order valence-electron chi connectivity index (χ2n) is 4.50. The molecule has 0 fully saturated rings. The van der Waals surface area contributed by atoms with E-state index in [1.807, 2.05) is 13.8 Å². The molecule has 0 rings (SSSR count). The van der Waals surface area contributed by atoms with Crippen LogP contribution in [0.1, 0.15) is 34.6 Å². The van der Waals surface area contributed by atoms with Crippen molar-refractivity contribution in [2.24, 2.45) is 5.92 Å². The minimum Gasteiger partial charge on any atom is -0.466 e. The number of carbonyl (C=O) groups excluding carboxylic acids is 1. The summed E-state index contributed by atoms with van der Waals surface area (Å²) in [6.07, 6.45) is 0. The molecule has 0 heterocycles. The van der Waals surface area contributed by atoms with Crippen LogP contribution in [0.15, 0.2) is 0 Å². The summed E-state index contributed by atoms with van der Waals surface area (Å²) in [5.74, 6) is -0.0864. The summed E-state index contributed by atoms with van der Waals surface area (Å²) >= 11 is 0. The second kappa shape index (κ2) is 5.42. The molecule has 0 aromatic rings. The van der Waals surface area contributed by atoms with Crippen molar-refractivity contribution < 1.29 is 9.53 Å². The van der Waals surface area contributed by atoms with Gasteiger partial charge in [0, 0.05) is 9.52 Å². The highest BCUT2D eigenvalue weighted by atomic mass is 28.2. The number of ether oxygens (including phenoxy) is 1. The number of carbonyl (C=O) groups is 1. The first-order valence-corrected chi connectivity index (χ1v) is 5.95. The zero-order chi connectivity index (χ0) is 10.5. The van der Waals surface area contributed by atoms with E-state index in [1.165, 1.54) is 0 Å². The molecule has 0 aromatic carbocycles. The molecule has 0 saturated heterocycles. The van der Waals surface area contributed by atoms with Crippen LogP contribution in [-0.2, 0) is 9.53 Å². The van der Waals surface area contributed by atoms with Crippen LogP contribution >= 0.6 is 0 Å². The predicted molar refractivity (Wildman–Crippen MR) is 56.1 cm³/mol. The van der Waals surface area contributed by atoms with Crippen molar-refractivity contribution in [3.63, 3.8) is 0 Å². The third-order valence-electron chi connectivity index (χ3n) is 1.47. The first-order valence-electron chi connectivity index (χ1n) is 4.74. The van der Waals surface area contributed by atoms with E-state index in [0.717, 1.165) is 15.6 Å². The van der Waals surface area contributed by atoms with Gasteiger partial charge < -0.3 is 4.74 Å². The van der Waals surface area contributed by atoms with Crippen molar-refractivity contribution in [3.8, 4) is 0 Å². The summed E-state index contributed by atoms with van der Waals surface area (Å²) in [6.45, 7) is 10.9. The largest absolute Gasteiger partial charge is 0.466 e. The topological polar surface area (TPSA) is 26.3 Å². The summed E-state index contributed by atoms with van der Waals surface area (Å²) in [5.41, 5.74) is 0. The zero-order valence-electron chi connectivity index (χ0n) is 9.31. The molecule has 0 aliphatic carbocycles. The van der Waals surface area contributed by atoms with Crippen molar-refractivity contribution in [1.82, 2.24) is 0 Å². The van der Waals surface area contributed by atoms with Gasteiger partial charge in [-0.3, -0.25) is 4.79 Å². The van der Waals surface area contributed by atoms with E-state index < -0.39 is 0 Å². The molecule has 0 amide bonds. The van der Waals surface area contributed by atoms with E-state index in [0.29, 0.717) is 11.6 Å². The van der Waals surface area contributed by atoms with Crippen molar-refractivity contribution in [3.05, 3.63) is 0 Å². The Balaban J connectivity index is 3.42. The lowest BCUT2D eigenvalue weighted by Crippen LogP contribution is -2.15. The first kappa shape index (κ1) is 12.7. The summed E-state index contributed by atoms with van der Waals surface area (Å²) < 4.78 is 5.07. The van der Waals surface area contributed by atoms with E-state index >= 15 is 0 Å². The molecule has 0 atom stereocenters. The van der Waals surface area contributed by atoms with Gasteiger partial charge in [0.15, 0.2) is 0 Å².